The van der Waals surface area contributed by atoms with Crippen LogP contribution in [0.5, 0.6) is 0 Å². The summed E-state index contributed by atoms with van der Waals surface area (Å²) in [5.74, 6) is -0.0425. The molecule has 1 unspecified atom stereocenters. The fourth-order valence-corrected chi connectivity index (χ4v) is 3.17. The Kier molecular flexibility index (Phi) is 4.19. The van der Waals surface area contributed by atoms with Crippen LogP contribution in [-0.2, 0) is 0 Å². The van der Waals surface area contributed by atoms with Gasteiger partial charge in [-0.1, -0.05) is 32.8 Å². The minimum atomic E-state index is -0.0425. The average Bonchev–Trinajstić information content (AvgIpc) is 2.35. The Labute approximate surface area is 123 Å². The lowest BCUT2D eigenvalue weighted by molar-refractivity contribution is 0.0853. The number of benzene rings is 1. The van der Waals surface area contributed by atoms with E-state index in [0.717, 1.165) is 12.8 Å². The zero-order valence-electron chi connectivity index (χ0n) is 11.5. The van der Waals surface area contributed by atoms with Gasteiger partial charge in [0.2, 0.25) is 0 Å². The highest BCUT2D eigenvalue weighted by Gasteiger charge is 2.33. The lowest BCUT2D eigenvalue weighted by Gasteiger charge is -2.39. The maximum Gasteiger partial charge on any atom is 0.252 e. The van der Waals surface area contributed by atoms with Crippen molar-refractivity contribution in [2.75, 3.05) is 5.73 Å². The smallest absolute Gasteiger partial charge is 0.252 e. The van der Waals surface area contributed by atoms with Gasteiger partial charge >= 0.3 is 0 Å². The highest BCUT2D eigenvalue weighted by molar-refractivity contribution is 9.10. The monoisotopic (exact) mass is 324 g/mol. The molecule has 0 aromatic heterocycles. The molecule has 1 amide bonds. The third kappa shape index (κ3) is 3.11. The van der Waals surface area contributed by atoms with Crippen molar-refractivity contribution >= 4 is 27.5 Å². The summed E-state index contributed by atoms with van der Waals surface area (Å²) in [5.41, 5.74) is 7.19. The molecule has 3 N–H and O–H groups in total. The van der Waals surface area contributed by atoms with Crippen molar-refractivity contribution in [3.05, 3.63) is 28.2 Å². The van der Waals surface area contributed by atoms with Gasteiger partial charge in [0.15, 0.2) is 0 Å². The van der Waals surface area contributed by atoms with Crippen molar-refractivity contribution in [2.24, 2.45) is 5.41 Å². The van der Waals surface area contributed by atoms with Crippen molar-refractivity contribution in [2.45, 2.75) is 45.6 Å². The fourth-order valence-electron chi connectivity index (χ4n) is 2.72. The van der Waals surface area contributed by atoms with Gasteiger partial charge in [-0.2, -0.15) is 0 Å². The molecule has 19 heavy (non-hydrogen) atoms. The number of rotatable bonds is 2. The van der Waals surface area contributed by atoms with Crippen molar-refractivity contribution < 1.29 is 4.79 Å². The van der Waals surface area contributed by atoms with Gasteiger partial charge in [-0.05, 0) is 46.3 Å². The first-order chi connectivity index (χ1) is 8.92. The summed E-state index contributed by atoms with van der Waals surface area (Å²) in [6.45, 7) is 4.46. The molecule has 2 rings (SSSR count). The first-order valence-corrected chi connectivity index (χ1v) is 7.56. The summed E-state index contributed by atoms with van der Waals surface area (Å²) in [6.07, 6.45) is 4.66. The van der Waals surface area contributed by atoms with Crippen LogP contribution in [0.1, 0.15) is 49.9 Å². The quantitative estimate of drug-likeness (QED) is 0.814. The number of carbonyl (C=O) groups is 1. The maximum absolute atomic E-state index is 12.4. The number of nitrogens with one attached hydrogen (secondary N) is 1. The van der Waals surface area contributed by atoms with Gasteiger partial charge in [-0.3, -0.25) is 4.79 Å². The highest BCUT2D eigenvalue weighted by atomic mass is 79.9. The highest BCUT2D eigenvalue weighted by Crippen LogP contribution is 2.35. The van der Waals surface area contributed by atoms with E-state index in [4.69, 9.17) is 5.73 Å². The topological polar surface area (TPSA) is 55.1 Å². The third-order valence-corrected chi connectivity index (χ3v) is 4.97. The van der Waals surface area contributed by atoms with Gasteiger partial charge in [-0.25, -0.2) is 0 Å². The van der Waals surface area contributed by atoms with Crippen LogP contribution in [0, 0.1) is 5.41 Å². The van der Waals surface area contributed by atoms with Crippen LogP contribution in [0.2, 0.25) is 0 Å². The largest absolute Gasteiger partial charge is 0.398 e. The van der Waals surface area contributed by atoms with Crippen molar-refractivity contribution in [1.82, 2.24) is 5.32 Å². The predicted octanol–water partition coefficient (Wildman–Crippen LogP) is 3.73. The van der Waals surface area contributed by atoms with E-state index >= 15 is 0 Å². The normalized spacial score (nSPS) is 21.9. The second-order valence-corrected chi connectivity index (χ2v) is 6.76. The van der Waals surface area contributed by atoms with Gasteiger partial charge in [0.1, 0.15) is 0 Å². The van der Waals surface area contributed by atoms with Crippen molar-refractivity contribution in [1.29, 1.82) is 0 Å². The number of hydrogen-bond donors (Lipinski definition) is 2. The number of amides is 1. The van der Waals surface area contributed by atoms with Crippen LogP contribution in [0.4, 0.5) is 5.69 Å². The molecule has 1 aliphatic rings. The van der Waals surface area contributed by atoms with E-state index in [9.17, 15) is 4.79 Å². The molecular formula is C15H21BrN2O. The van der Waals surface area contributed by atoms with Crippen LogP contribution in [0.3, 0.4) is 0 Å². The number of hydrogen-bond acceptors (Lipinski definition) is 2. The second-order valence-electron chi connectivity index (χ2n) is 5.97. The summed E-state index contributed by atoms with van der Waals surface area (Å²) in [4.78, 5) is 12.4. The Morgan fingerprint density at radius 3 is 2.84 bits per heavy atom. The lowest BCUT2D eigenvalue weighted by Crippen LogP contribution is -2.46. The molecule has 4 heteroatoms. The number of carbonyl (C=O) groups excluding carboxylic acids is 1. The van der Waals surface area contributed by atoms with Crippen LogP contribution < -0.4 is 11.1 Å². The van der Waals surface area contributed by atoms with Crippen LogP contribution in [0.25, 0.3) is 0 Å². The number of anilines is 1. The molecule has 0 spiro atoms. The van der Waals surface area contributed by atoms with Crippen LogP contribution >= 0.6 is 15.9 Å². The Morgan fingerprint density at radius 2 is 2.16 bits per heavy atom. The molecule has 1 atom stereocenters. The van der Waals surface area contributed by atoms with Crippen molar-refractivity contribution in [3.8, 4) is 0 Å². The summed E-state index contributed by atoms with van der Waals surface area (Å²) >= 11 is 3.39. The molecule has 0 heterocycles. The summed E-state index contributed by atoms with van der Waals surface area (Å²) < 4.78 is 0.682. The second kappa shape index (κ2) is 5.53. The van der Waals surface area contributed by atoms with Crippen molar-refractivity contribution in [3.63, 3.8) is 0 Å². The lowest BCUT2D eigenvalue weighted by atomic mass is 9.73. The Balaban J connectivity index is 2.15. The number of nitrogen functional groups attached to an aromatic ring is 1. The molecule has 1 fully saturated rings. The van der Waals surface area contributed by atoms with Crippen LogP contribution in [0.15, 0.2) is 22.7 Å². The fraction of sp³-hybridized carbons (Fsp3) is 0.533. The molecule has 1 saturated carbocycles. The Hall–Kier alpha value is -1.03. The van der Waals surface area contributed by atoms with Gasteiger partial charge < -0.3 is 11.1 Å². The van der Waals surface area contributed by atoms with Gasteiger partial charge in [0, 0.05) is 11.7 Å². The first kappa shape index (κ1) is 14.4. The first-order valence-electron chi connectivity index (χ1n) is 6.76. The molecule has 1 aliphatic carbocycles. The molecule has 1 aromatic rings. The van der Waals surface area contributed by atoms with E-state index in [0.29, 0.717) is 15.7 Å². The predicted molar refractivity (Wildman–Crippen MR) is 82.1 cm³/mol. The summed E-state index contributed by atoms with van der Waals surface area (Å²) in [5, 5.41) is 3.17. The zero-order valence-corrected chi connectivity index (χ0v) is 13.1. The van der Waals surface area contributed by atoms with Gasteiger partial charge in [0.05, 0.1) is 10.0 Å². The Morgan fingerprint density at radius 1 is 1.42 bits per heavy atom. The van der Waals surface area contributed by atoms with E-state index < -0.39 is 0 Å². The minimum absolute atomic E-state index is 0.0425. The maximum atomic E-state index is 12.4. The molecule has 0 saturated heterocycles. The summed E-state index contributed by atoms with van der Waals surface area (Å²) in [6, 6.07) is 5.62. The minimum Gasteiger partial charge on any atom is -0.398 e. The molecule has 104 valence electrons. The van der Waals surface area contributed by atoms with Crippen LogP contribution in [-0.4, -0.2) is 11.9 Å². The molecule has 0 aliphatic heterocycles. The SMILES string of the molecule is CC1(C)CCCCC1NC(=O)c1cccc(N)c1Br. The van der Waals surface area contributed by atoms with Gasteiger partial charge in [0.25, 0.3) is 5.91 Å². The molecule has 3 nitrogen and oxygen atoms in total. The number of nitrogens with two attached hydrogens (primary N) is 1. The van der Waals surface area contributed by atoms with Gasteiger partial charge in [-0.15, -0.1) is 0 Å². The molecule has 0 radical (unpaired) electrons. The van der Waals surface area contributed by atoms with E-state index in [2.05, 4.69) is 35.1 Å². The molecule has 1 aromatic carbocycles. The third-order valence-electron chi connectivity index (χ3n) is 4.09. The average molecular weight is 325 g/mol. The molecular weight excluding hydrogens is 304 g/mol. The number of halogens is 1. The standard InChI is InChI=1S/C15H21BrN2O/c1-15(2)9-4-3-8-12(15)18-14(19)10-6-5-7-11(17)13(10)16/h5-7,12H,3-4,8-9,17H2,1-2H3,(H,18,19). The Bertz CT molecular complexity index is 485. The van der Waals surface area contributed by atoms with E-state index in [1.54, 1.807) is 18.2 Å². The van der Waals surface area contributed by atoms with E-state index in [1.807, 2.05) is 0 Å². The van der Waals surface area contributed by atoms with E-state index in [-0.39, 0.29) is 17.4 Å². The van der Waals surface area contributed by atoms with E-state index in [1.165, 1.54) is 12.8 Å². The summed E-state index contributed by atoms with van der Waals surface area (Å²) in [7, 11) is 0. The zero-order chi connectivity index (χ0) is 14.0. The molecule has 0 bridgehead atoms.